The third-order valence-corrected chi connectivity index (χ3v) is 1.39. The van der Waals surface area contributed by atoms with Crippen LogP contribution < -0.4 is 0 Å². The Morgan fingerprint density at radius 2 is 1.60 bits per heavy atom. The van der Waals surface area contributed by atoms with E-state index in [-0.39, 0.29) is 17.8 Å². The van der Waals surface area contributed by atoms with Gasteiger partial charge in [-0.3, -0.25) is 4.57 Å². The fraction of sp³-hybridized carbons (Fsp3) is 0.429. The number of aromatic hydroxyl groups is 2. The molecule has 0 aromatic carbocycles. The van der Waals surface area contributed by atoms with Crippen molar-refractivity contribution in [1.29, 1.82) is 0 Å². The molecule has 0 atom stereocenters. The summed E-state index contributed by atoms with van der Waals surface area (Å²) in [5.74, 6) is 0.208. The molecule has 3 nitrogen and oxygen atoms in total. The molecule has 0 saturated heterocycles. The number of aromatic nitrogens is 1. The molecule has 0 fully saturated rings. The quantitative estimate of drug-likeness (QED) is 0.622. The molecular weight excluding hydrogens is 130 g/mol. The second-order valence-electron chi connectivity index (χ2n) is 2.51. The Hall–Kier alpha value is -1.12. The van der Waals surface area contributed by atoms with Crippen molar-refractivity contribution in [2.45, 2.75) is 19.9 Å². The predicted molar refractivity (Wildman–Crippen MR) is 38.1 cm³/mol. The second-order valence-corrected chi connectivity index (χ2v) is 2.51. The number of rotatable bonds is 1. The Balaban J connectivity index is 3.10. The van der Waals surface area contributed by atoms with Crippen LogP contribution in [-0.4, -0.2) is 14.8 Å². The highest BCUT2D eigenvalue weighted by Gasteiger charge is 2.07. The Morgan fingerprint density at radius 1 is 1.20 bits per heavy atom. The highest BCUT2D eigenvalue weighted by molar-refractivity contribution is 5.24. The van der Waals surface area contributed by atoms with Crippen molar-refractivity contribution in [3.05, 3.63) is 12.1 Å². The number of hydrogen-bond acceptors (Lipinski definition) is 2. The maximum Gasteiger partial charge on any atom is 0.194 e. The van der Waals surface area contributed by atoms with E-state index in [0.29, 0.717) is 0 Å². The summed E-state index contributed by atoms with van der Waals surface area (Å²) in [6, 6.07) is 3.03. The van der Waals surface area contributed by atoms with Gasteiger partial charge in [-0.15, -0.1) is 0 Å². The first kappa shape index (κ1) is 6.99. The average Bonchev–Trinajstić information content (AvgIpc) is 2.11. The standard InChI is InChI=1S/C7H11NO2/c1-5(2)8-6(9)3-4-7(8)10/h3-5,9-10H,1-2H3. The van der Waals surface area contributed by atoms with Gasteiger partial charge in [0.25, 0.3) is 0 Å². The Morgan fingerprint density at radius 3 is 1.80 bits per heavy atom. The van der Waals surface area contributed by atoms with Crippen molar-refractivity contribution in [1.82, 2.24) is 4.57 Å². The molecule has 10 heavy (non-hydrogen) atoms. The summed E-state index contributed by atoms with van der Waals surface area (Å²) in [5.41, 5.74) is 0. The van der Waals surface area contributed by atoms with Crippen molar-refractivity contribution < 1.29 is 10.2 Å². The van der Waals surface area contributed by atoms with E-state index >= 15 is 0 Å². The van der Waals surface area contributed by atoms with Crippen LogP contribution in [0, 0.1) is 0 Å². The van der Waals surface area contributed by atoms with Gasteiger partial charge in [0.15, 0.2) is 11.8 Å². The van der Waals surface area contributed by atoms with Crippen LogP contribution in [0.15, 0.2) is 12.1 Å². The van der Waals surface area contributed by atoms with Crippen LogP contribution in [0.2, 0.25) is 0 Å². The third kappa shape index (κ3) is 0.943. The van der Waals surface area contributed by atoms with Gasteiger partial charge in [-0.25, -0.2) is 0 Å². The van der Waals surface area contributed by atoms with E-state index in [0.717, 1.165) is 0 Å². The average molecular weight is 141 g/mol. The first-order valence-electron chi connectivity index (χ1n) is 3.22. The highest BCUT2D eigenvalue weighted by atomic mass is 16.3. The fourth-order valence-corrected chi connectivity index (χ4v) is 0.956. The molecule has 0 bridgehead atoms. The van der Waals surface area contributed by atoms with Crippen LogP contribution in [-0.2, 0) is 0 Å². The van der Waals surface area contributed by atoms with Crippen molar-refractivity contribution in [3.63, 3.8) is 0 Å². The summed E-state index contributed by atoms with van der Waals surface area (Å²) in [6.45, 7) is 3.78. The zero-order chi connectivity index (χ0) is 7.72. The summed E-state index contributed by atoms with van der Waals surface area (Å²) in [7, 11) is 0. The first-order chi connectivity index (χ1) is 4.63. The molecule has 0 amide bonds. The summed E-state index contributed by atoms with van der Waals surface area (Å²) in [5, 5.41) is 18.2. The van der Waals surface area contributed by atoms with Crippen molar-refractivity contribution in [3.8, 4) is 11.8 Å². The van der Waals surface area contributed by atoms with Gasteiger partial charge < -0.3 is 10.2 Å². The molecule has 3 heteroatoms. The molecule has 1 aromatic heterocycles. The molecule has 2 N–H and O–H groups in total. The van der Waals surface area contributed by atoms with E-state index in [4.69, 9.17) is 10.2 Å². The summed E-state index contributed by atoms with van der Waals surface area (Å²) < 4.78 is 1.44. The zero-order valence-electron chi connectivity index (χ0n) is 6.07. The summed E-state index contributed by atoms with van der Waals surface area (Å²) >= 11 is 0. The van der Waals surface area contributed by atoms with Crippen LogP contribution in [0.5, 0.6) is 11.8 Å². The van der Waals surface area contributed by atoms with Gasteiger partial charge in [0.2, 0.25) is 0 Å². The molecule has 56 valence electrons. The maximum absolute atomic E-state index is 9.10. The van der Waals surface area contributed by atoms with E-state index in [1.54, 1.807) is 0 Å². The van der Waals surface area contributed by atoms with Crippen molar-refractivity contribution in [2.75, 3.05) is 0 Å². The smallest absolute Gasteiger partial charge is 0.194 e. The van der Waals surface area contributed by atoms with Gasteiger partial charge >= 0.3 is 0 Å². The number of nitrogens with zero attached hydrogens (tertiary/aromatic N) is 1. The minimum atomic E-state index is 0.0926. The van der Waals surface area contributed by atoms with Crippen LogP contribution in [0.1, 0.15) is 19.9 Å². The van der Waals surface area contributed by atoms with E-state index in [9.17, 15) is 0 Å². The minimum Gasteiger partial charge on any atom is -0.494 e. The Bertz CT molecular complexity index is 208. The molecule has 0 aliphatic carbocycles. The molecule has 1 heterocycles. The molecule has 0 aliphatic heterocycles. The summed E-state index contributed by atoms with van der Waals surface area (Å²) in [6.07, 6.45) is 0. The van der Waals surface area contributed by atoms with Crippen LogP contribution in [0.3, 0.4) is 0 Å². The van der Waals surface area contributed by atoms with Crippen LogP contribution in [0.25, 0.3) is 0 Å². The van der Waals surface area contributed by atoms with Gasteiger partial charge in [0.05, 0.1) is 0 Å². The minimum absolute atomic E-state index is 0.0926. The van der Waals surface area contributed by atoms with E-state index in [1.165, 1.54) is 16.7 Å². The molecule has 1 rings (SSSR count). The topological polar surface area (TPSA) is 45.4 Å². The normalized spacial score (nSPS) is 10.7. The van der Waals surface area contributed by atoms with E-state index in [1.807, 2.05) is 13.8 Å². The van der Waals surface area contributed by atoms with Gasteiger partial charge in [-0.05, 0) is 13.8 Å². The zero-order valence-corrected chi connectivity index (χ0v) is 6.07. The van der Waals surface area contributed by atoms with E-state index in [2.05, 4.69) is 0 Å². The third-order valence-electron chi connectivity index (χ3n) is 1.39. The fourth-order valence-electron chi connectivity index (χ4n) is 0.956. The molecule has 0 unspecified atom stereocenters. The van der Waals surface area contributed by atoms with Crippen LogP contribution in [0.4, 0.5) is 0 Å². The predicted octanol–water partition coefficient (Wildman–Crippen LogP) is 1.48. The van der Waals surface area contributed by atoms with Gasteiger partial charge in [-0.1, -0.05) is 0 Å². The maximum atomic E-state index is 9.10. The van der Waals surface area contributed by atoms with Gasteiger partial charge in [0, 0.05) is 18.2 Å². The molecule has 0 aliphatic rings. The lowest BCUT2D eigenvalue weighted by atomic mass is 10.4. The van der Waals surface area contributed by atoms with Crippen molar-refractivity contribution >= 4 is 0 Å². The number of hydrogen-bond donors (Lipinski definition) is 2. The highest BCUT2D eigenvalue weighted by Crippen LogP contribution is 2.25. The molecule has 0 spiro atoms. The second kappa shape index (κ2) is 2.25. The first-order valence-corrected chi connectivity index (χ1v) is 3.22. The van der Waals surface area contributed by atoms with Gasteiger partial charge in [-0.2, -0.15) is 0 Å². The molecule has 0 saturated carbocycles. The van der Waals surface area contributed by atoms with Crippen LogP contribution >= 0.6 is 0 Å². The lowest BCUT2D eigenvalue weighted by Gasteiger charge is -2.09. The lowest BCUT2D eigenvalue weighted by molar-refractivity contribution is 0.350. The van der Waals surface area contributed by atoms with E-state index < -0.39 is 0 Å². The Labute approximate surface area is 59.5 Å². The summed E-state index contributed by atoms with van der Waals surface area (Å²) in [4.78, 5) is 0. The largest absolute Gasteiger partial charge is 0.494 e. The van der Waals surface area contributed by atoms with Crippen molar-refractivity contribution in [2.24, 2.45) is 0 Å². The molecular formula is C7H11NO2. The lowest BCUT2D eigenvalue weighted by Crippen LogP contribution is -1.97. The monoisotopic (exact) mass is 141 g/mol. The Kier molecular flexibility index (Phi) is 1.57. The van der Waals surface area contributed by atoms with Gasteiger partial charge in [0.1, 0.15) is 0 Å². The molecule has 0 radical (unpaired) electrons. The molecule has 1 aromatic rings. The SMILES string of the molecule is CC(C)n1c(O)ccc1O.